The van der Waals surface area contributed by atoms with E-state index in [0.29, 0.717) is 18.7 Å². The Morgan fingerprint density at radius 3 is 3.04 bits per heavy atom. The molecule has 3 rings (SSSR count). The first-order valence-corrected chi connectivity index (χ1v) is 7.77. The van der Waals surface area contributed by atoms with Gasteiger partial charge in [0, 0.05) is 19.3 Å². The van der Waals surface area contributed by atoms with Crippen LogP contribution in [-0.4, -0.2) is 24.3 Å². The van der Waals surface area contributed by atoms with Gasteiger partial charge in [-0.3, -0.25) is 0 Å². The van der Waals surface area contributed by atoms with Crippen molar-refractivity contribution in [3.05, 3.63) is 53.7 Å². The number of rotatable bonds is 6. The standard InChI is InChI=1S/C18H19N3O2/c19-10-15-6-7-18(21-12-15)20-11-14-3-1-4-16(9-14)23-13-17-5-2-8-22-17/h1,3-4,6-7,9,12,17H,2,5,8,11,13H2,(H,20,21)/t17-/m0/s1. The maximum atomic E-state index is 8.76. The van der Waals surface area contributed by atoms with E-state index >= 15 is 0 Å². The van der Waals surface area contributed by atoms with E-state index in [1.165, 1.54) is 0 Å². The summed E-state index contributed by atoms with van der Waals surface area (Å²) in [5, 5.41) is 12.0. The predicted octanol–water partition coefficient (Wildman–Crippen LogP) is 3.12. The van der Waals surface area contributed by atoms with E-state index in [9.17, 15) is 0 Å². The van der Waals surface area contributed by atoms with Gasteiger partial charge in [-0.25, -0.2) is 4.98 Å². The summed E-state index contributed by atoms with van der Waals surface area (Å²) in [4.78, 5) is 4.19. The molecule has 118 valence electrons. The van der Waals surface area contributed by atoms with Crippen LogP contribution < -0.4 is 10.1 Å². The fourth-order valence-electron chi connectivity index (χ4n) is 2.47. The maximum absolute atomic E-state index is 8.76. The van der Waals surface area contributed by atoms with Gasteiger partial charge in [-0.2, -0.15) is 5.26 Å². The highest BCUT2D eigenvalue weighted by atomic mass is 16.5. The van der Waals surface area contributed by atoms with Gasteiger partial charge in [0.15, 0.2) is 0 Å². The molecule has 0 unspecified atom stereocenters. The van der Waals surface area contributed by atoms with Crippen molar-refractivity contribution in [3.8, 4) is 11.8 Å². The number of hydrogen-bond donors (Lipinski definition) is 1. The van der Waals surface area contributed by atoms with Crippen molar-refractivity contribution in [2.75, 3.05) is 18.5 Å². The lowest BCUT2D eigenvalue weighted by Crippen LogP contribution is -2.16. The van der Waals surface area contributed by atoms with Gasteiger partial charge in [0.2, 0.25) is 0 Å². The van der Waals surface area contributed by atoms with Crippen LogP contribution in [0.2, 0.25) is 0 Å². The Bertz CT molecular complexity index is 673. The highest BCUT2D eigenvalue weighted by Gasteiger charge is 2.15. The van der Waals surface area contributed by atoms with Crippen molar-refractivity contribution in [2.45, 2.75) is 25.5 Å². The van der Waals surface area contributed by atoms with Crippen molar-refractivity contribution in [3.63, 3.8) is 0 Å². The minimum absolute atomic E-state index is 0.222. The third-order valence-electron chi connectivity index (χ3n) is 3.72. The zero-order valence-electron chi connectivity index (χ0n) is 12.9. The molecular weight excluding hydrogens is 290 g/mol. The lowest BCUT2D eigenvalue weighted by molar-refractivity contribution is 0.0679. The summed E-state index contributed by atoms with van der Waals surface area (Å²) in [5.41, 5.74) is 1.67. The van der Waals surface area contributed by atoms with Crippen molar-refractivity contribution in [1.29, 1.82) is 5.26 Å². The zero-order chi connectivity index (χ0) is 15.9. The second-order valence-electron chi connectivity index (χ2n) is 5.49. The van der Waals surface area contributed by atoms with Crippen LogP contribution in [0.5, 0.6) is 5.75 Å². The minimum Gasteiger partial charge on any atom is -0.491 e. The molecule has 1 aromatic heterocycles. The molecule has 0 amide bonds. The van der Waals surface area contributed by atoms with Crippen LogP contribution in [0.15, 0.2) is 42.6 Å². The van der Waals surface area contributed by atoms with Crippen LogP contribution in [0, 0.1) is 11.3 Å². The SMILES string of the molecule is N#Cc1ccc(NCc2cccc(OC[C@@H]3CCCO3)c2)nc1. The highest BCUT2D eigenvalue weighted by Crippen LogP contribution is 2.18. The monoisotopic (exact) mass is 309 g/mol. The van der Waals surface area contributed by atoms with Crippen LogP contribution in [0.4, 0.5) is 5.82 Å². The fourth-order valence-corrected chi connectivity index (χ4v) is 2.47. The molecule has 1 aliphatic rings. The molecule has 1 aliphatic heterocycles. The molecule has 0 spiro atoms. The molecule has 23 heavy (non-hydrogen) atoms. The lowest BCUT2D eigenvalue weighted by atomic mass is 10.2. The number of ether oxygens (including phenoxy) is 2. The van der Waals surface area contributed by atoms with Gasteiger partial charge in [-0.15, -0.1) is 0 Å². The first-order valence-electron chi connectivity index (χ1n) is 7.77. The van der Waals surface area contributed by atoms with E-state index in [-0.39, 0.29) is 6.10 Å². The lowest BCUT2D eigenvalue weighted by Gasteiger charge is -2.12. The molecule has 1 fully saturated rings. The van der Waals surface area contributed by atoms with E-state index in [1.807, 2.05) is 24.3 Å². The molecule has 5 nitrogen and oxygen atoms in total. The fraction of sp³-hybridized carbons (Fsp3) is 0.333. The number of hydrogen-bond acceptors (Lipinski definition) is 5. The molecule has 5 heteroatoms. The molecular formula is C18H19N3O2. The zero-order valence-corrected chi connectivity index (χ0v) is 12.9. The van der Waals surface area contributed by atoms with E-state index in [2.05, 4.69) is 16.4 Å². The molecule has 2 aromatic rings. The van der Waals surface area contributed by atoms with Crippen LogP contribution in [0.3, 0.4) is 0 Å². The Balaban J connectivity index is 1.53. The number of aromatic nitrogens is 1. The molecule has 0 bridgehead atoms. The third-order valence-corrected chi connectivity index (χ3v) is 3.72. The number of nitriles is 1. The molecule has 1 aromatic carbocycles. The topological polar surface area (TPSA) is 67.2 Å². The molecule has 0 radical (unpaired) electrons. The number of nitrogens with zero attached hydrogens (tertiary/aromatic N) is 2. The molecule has 0 saturated carbocycles. The van der Waals surface area contributed by atoms with Gasteiger partial charge in [-0.1, -0.05) is 12.1 Å². The summed E-state index contributed by atoms with van der Waals surface area (Å²) in [5.74, 6) is 1.60. The van der Waals surface area contributed by atoms with Crippen molar-refractivity contribution < 1.29 is 9.47 Å². The smallest absolute Gasteiger partial charge is 0.126 e. The Kier molecular flexibility index (Phi) is 5.07. The number of benzene rings is 1. The van der Waals surface area contributed by atoms with E-state index < -0.39 is 0 Å². The highest BCUT2D eigenvalue weighted by molar-refractivity contribution is 5.40. The van der Waals surface area contributed by atoms with Gasteiger partial charge in [-0.05, 0) is 42.7 Å². The summed E-state index contributed by atoms with van der Waals surface area (Å²) in [7, 11) is 0. The normalized spacial score (nSPS) is 16.7. The summed E-state index contributed by atoms with van der Waals surface area (Å²) in [6, 6.07) is 13.6. The Labute approximate surface area is 135 Å². The van der Waals surface area contributed by atoms with Crippen molar-refractivity contribution in [2.24, 2.45) is 0 Å². The van der Waals surface area contributed by atoms with Crippen LogP contribution >= 0.6 is 0 Å². The van der Waals surface area contributed by atoms with E-state index in [4.69, 9.17) is 14.7 Å². The minimum atomic E-state index is 0.222. The second kappa shape index (κ2) is 7.61. The largest absolute Gasteiger partial charge is 0.491 e. The first kappa shape index (κ1) is 15.3. The van der Waals surface area contributed by atoms with Gasteiger partial charge < -0.3 is 14.8 Å². The summed E-state index contributed by atoms with van der Waals surface area (Å²) < 4.78 is 11.4. The van der Waals surface area contributed by atoms with Crippen LogP contribution in [0.25, 0.3) is 0 Å². The number of anilines is 1. The Morgan fingerprint density at radius 1 is 1.35 bits per heavy atom. The molecule has 1 N–H and O–H groups in total. The maximum Gasteiger partial charge on any atom is 0.126 e. The predicted molar refractivity (Wildman–Crippen MR) is 87.2 cm³/mol. The third kappa shape index (κ3) is 4.44. The Hall–Kier alpha value is -2.58. The summed E-state index contributed by atoms with van der Waals surface area (Å²) >= 11 is 0. The molecule has 1 atom stereocenters. The van der Waals surface area contributed by atoms with Gasteiger partial charge in [0.1, 0.15) is 24.2 Å². The second-order valence-corrected chi connectivity index (χ2v) is 5.49. The van der Waals surface area contributed by atoms with Gasteiger partial charge in [0.05, 0.1) is 11.7 Å². The average Bonchev–Trinajstić information content (AvgIpc) is 3.12. The van der Waals surface area contributed by atoms with Gasteiger partial charge >= 0.3 is 0 Å². The van der Waals surface area contributed by atoms with Crippen LogP contribution in [-0.2, 0) is 11.3 Å². The van der Waals surface area contributed by atoms with E-state index in [1.54, 1.807) is 18.3 Å². The van der Waals surface area contributed by atoms with Gasteiger partial charge in [0.25, 0.3) is 0 Å². The van der Waals surface area contributed by atoms with Crippen molar-refractivity contribution >= 4 is 5.82 Å². The summed E-state index contributed by atoms with van der Waals surface area (Å²) in [6.07, 6.45) is 3.98. The quantitative estimate of drug-likeness (QED) is 0.888. The number of nitrogens with one attached hydrogen (secondary N) is 1. The number of pyridine rings is 1. The first-order chi connectivity index (χ1) is 11.3. The summed E-state index contributed by atoms with van der Waals surface area (Å²) in [6.45, 7) is 2.10. The van der Waals surface area contributed by atoms with E-state index in [0.717, 1.165) is 36.6 Å². The molecule has 1 saturated heterocycles. The van der Waals surface area contributed by atoms with Crippen molar-refractivity contribution in [1.82, 2.24) is 4.98 Å². The molecule has 0 aliphatic carbocycles. The Morgan fingerprint density at radius 2 is 2.30 bits per heavy atom. The van der Waals surface area contributed by atoms with Crippen LogP contribution in [0.1, 0.15) is 24.0 Å². The average molecular weight is 309 g/mol. The molecule has 2 heterocycles.